The van der Waals surface area contributed by atoms with Gasteiger partial charge in [0, 0.05) is 25.6 Å². The van der Waals surface area contributed by atoms with Crippen LogP contribution in [0.25, 0.3) is 0 Å². The molecule has 1 saturated heterocycles. The van der Waals surface area contributed by atoms with Gasteiger partial charge in [0.1, 0.15) is 0 Å². The quantitative estimate of drug-likeness (QED) is 0.830. The highest BCUT2D eigenvalue weighted by Gasteiger charge is 2.12. The van der Waals surface area contributed by atoms with Gasteiger partial charge in [-0.1, -0.05) is 36.8 Å². The second-order valence-corrected chi connectivity index (χ2v) is 5.47. The van der Waals surface area contributed by atoms with E-state index in [0.717, 1.165) is 18.7 Å². The average molecular weight is 275 g/mol. The summed E-state index contributed by atoms with van der Waals surface area (Å²) in [6.45, 7) is 4.01. The van der Waals surface area contributed by atoms with Gasteiger partial charge in [0.15, 0.2) is 0 Å². The van der Waals surface area contributed by atoms with E-state index in [1.807, 2.05) is 30.3 Å². The number of piperidine rings is 1. The minimum atomic E-state index is -0.216. The predicted octanol–water partition coefficient (Wildman–Crippen LogP) is 1.68. The van der Waals surface area contributed by atoms with Crippen molar-refractivity contribution in [2.75, 3.05) is 26.2 Å². The molecule has 110 valence electrons. The molecule has 0 aliphatic carbocycles. The van der Waals surface area contributed by atoms with Gasteiger partial charge in [0.05, 0.1) is 0 Å². The maximum atomic E-state index is 11.9. The largest absolute Gasteiger partial charge is 0.355 e. The monoisotopic (exact) mass is 275 g/mol. The number of benzene rings is 1. The molecule has 3 N–H and O–H groups in total. The highest BCUT2D eigenvalue weighted by molar-refractivity contribution is 5.76. The Morgan fingerprint density at radius 3 is 2.60 bits per heavy atom. The van der Waals surface area contributed by atoms with E-state index in [1.54, 1.807) is 0 Å². The Hall–Kier alpha value is -1.39. The molecule has 20 heavy (non-hydrogen) atoms. The van der Waals surface area contributed by atoms with Crippen molar-refractivity contribution in [3.63, 3.8) is 0 Å². The molecule has 1 aliphatic rings. The first-order chi connectivity index (χ1) is 9.75. The molecule has 4 heteroatoms. The second-order valence-electron chi connectivity index (χ2n) is 5.47. The van der Waals surface area contributed by atoms with Gasteiger partial charge in [0.25, 0.3) is 0 Å². The van der Waals surface area contributed by atoms with Gasteiger partial charge in [-0.25, -0.2) is 0 Å². The SMILES string of the molecule is NC(CC(=O)NCCN1CCCCC1)c1ccccc1. The number of carbonyl (C=O) groups excluding carboxylic acids is 1. The van der Waals surface area contributed by atoms with Crippen molar-refractivity contribution in [2.45, 2.75) is 31.7 Å². The fourth-order valence-electron chi connectivity index (χ4n) is 2.63. The van der Waals surface area contributed by atoms with Crippen molar-refractivity contribution < 1.29 is 4.79 Å². The molecule has 1 heterocycles. The number of rotatable bonds is 6. The summed E-state index contributed by atoms with van der Waals surface area (Å²) in [7, 11) is 0. The van der Waals surface area contributed by atoms with Gasteiger partial charge >= 0.3 is 0 Å². The molecule has 1 unspecified atom stereocenters. The Bertz CT molecular complexity index is 401. The molecule has 1 aromatic carbocycles. The van der Waals surface area contributed by atoms with Gasteiger partial charge in [-0.05, 0) is 31.5 Å². The Kier molecular flexibility index (Phi) is 6.02. The lowest BCUT2D eigenvalue weighted by molar-refractivity contribution is -0.121. The third-order valence-electron chi connectivity index (χ3n) is 3.83. The summed E-state index contributed by atoms with van der Waals surface area (Å²) in [4.78, 5) is 14.3. The van der Waals surface area contributed by atoms with Crippen LogP contribution >= 0.6 is 0 Å². The van der Waals surface area contributed by atoms with Crippen LogP contribution in [0.1, 0.15) is 37.3 Å². The van der Waals surface area contributed by atoms with Crippen molar-refractivity contribution in [1.82, 2.24) is 10.2 Å². The topological polar surface area (TPSA) is 58.4 Å². The van der Waals surface area contributed by atoms with Crippen molar-refractivity contribution in [3.8, 4) is 0 Å². The van der Waals surface area contributed by atoms with E-state index in [0.29, 0.717) is 6.42 Å². The zero-order valence-corrected chi connectivity index (χ0v) is 12.1. The standard InChI is InChI=1S/C16H25N3O/c17-15(14-7-3-1-4-8-14)13-16(20)18-9-12-19-10-5-2-6-11-19/h1,3-4,7-8,15H,2,5-6,9-13,17H2,(H,18,20). The molecule has 1 atom stereocenters. The Labute approximate surface area is 121 Å². The molecule has 1 aliphatic heterocycles. The normalized spacial score (nSPS) is 17.6. The fourth-order valence-corrected chi connectivity index (χ4v) is 2.63. The summed E-state index contributed by atoms with van der Waals surface area (Å²) in [6.07, 6.45) is 4.26. The molecule has 1 fully saturated rings. The van der Waals surface area contributed by atoms with Crippen LogP contribution < -0.4 is 11.1 Å². The van der Waals surface area contributed by atoms with Crippen LogP contribution in [0.2, 0.25) is 0 Å². The smallest absolute Gasteiger partial charge is 0.221 e. The van der Waals surface area contributed by atoms with Crippen molar-refractivity contribution in [1.29, 1.82) is 0 Å². The lowest BCUT2D eigenvalue weighted by Crippen LogP contribution is -2.38. The van der Waals surface area contributed by atoms with Crippen molar-refractivity contribution in [3.05, 3.63) is 35.9 Å². The molecular weight excluding hydrogens is 250 g/mol. The van der Waals surface area contributed by atoms with Gasteiger partial charge in [0.2, 0.25) is 5.91 Å². The second kappa shape index (κ2) is 8.02. The number of likely N-dealkylation sites (tertiary alicyclic amines) is 1. The minimum absolute atomic E-state index is 0.0402. The zero-order valence-electron chi connectivity index (χ0n) is 12.1. The van der Waals surface area contributed by atoms with E-state index in [-0.39, 0.29) is 11.9 Å². The highest BCUT2D eigenvalue weighted by Crippen LogP contribution is 2.12. The summed E-state index contributed by atoms with van der Waals surface area (Å²) in [5.74, 6) is 0.0402. The van der Waals surface area contributed by atoms with Crippen LogP contribution in [0.5, 0.6) is 0 Å². The van der Waals surface area contributed by atoms with E-state index < -0.39 is 0 Å². The molecule has 0 bridgehead atoms. The first-order valence-electron chi connectivity index (χ1n) is 7.55. The van der Waals surface area contributed by atoms with Crippen molar-refractivity contribution in [2.24, 2.45) is 5.73 Å². The molecule has 1 aromatic rings. The van der Waals surface area contributed by atoms with Gasteiger partial charge in [-0.3, -0.25) is 4.79 Å². The number of carbonyl (C=O) groups is 1. The average Bonchev–Trinajstić information content (AvgIpc) is 2.49. The molecule has 0 aromatic heterocycles. The van der Waals surface area contributed by atoms with Crippen molar-refractivity contribution >= 4 is 5.91 Å². The summed E-state index contributed by atoms with van der Waals surface area (Å²) in [5.41, 5.74) is 7.05. The Morgan fingerprint density at radius 2 is 1.90 bits per heavy atom. The molecule has 0 radical (unpaired) electrons. The van der Waals surface area contributed by atoms with E-state index >= 15 is 0 Å². The van der Waals surface area contributed by atoms with Crippen LogP contribution in [0.3, 0.4) is 0 Å². The van der Waals surface area contributed by atoms with Gasteiger partial charge in [-0.15, -0.1) is 0 Å². The molecule has 0 spiro atoms. The Balaban J connectivity index is 1.65. The Morgan fingerprint density at radius 1 is 1.20 bits per heavy atom. The fraction of sp³-hybridized carbons (Fsp3) is 0.562. The number of nitrogens with zero attached hydrogens (tertiary/aromatic N) is 1. The highest BCUT2D eigenvalue weighted by atomic mass is 16.1. The zero-order chi connectivity index (χ0) is 14.2. The number of amides is 1. The van der Waals surface area contributed by atoms with E-state index in [4.69, 9.17) is 5.73 Å². The summed E-state index contributed by atoms with van der Waals surface area (Å²) in [6, 6.07) is 9.56. The van der Waals surface area contributed by atoms with Crippen LogP contribution in [-0.2, 0) is 4.79 Å². The van der Waals surface area contributed by atoms with Crippen LogP contribution in [-0.4, -0.2) is 37.0 Å². The number of nitrogens with two attached hydrogens (primary N) is 1. The molecule has 0 saturated carbocycles. The van der Waals surface area contributed by atoms with E-state index in [2.05, 4.69) is 10.2 Å². The molecule has 1 amide bonds. The van der Waals surface area contributed by atoms with E-state index in [1.165, 1.54) is 32.4 Å². The number of hydrogen-bond acceptors (Lipinski definition) is 3. The van der Waals surface area contributed by atoms with Crippen LogP contribution in [0.4, 0.5) is 0 Å². The third kappa shape index (κ3) is 4.94. The summed E-state index contributed by atoms with van der Waals surface area (Å²) < 4.78 is 0. The van der Waals surface area contributed by atoms with E-state index in [9.17, 15) is 4.79 Å². The summed E-state index contributed by atoms with van der Waals surface area (Å²) in [5, 5.41) is 2.97. The molecule has 2 rings (SSSR count). The minimum Gasteiger partial charge on any atom is -0.355 e. The number of hydrogen-bond donors (Lipinski definition) is 2. The summed E-state index contributed by atoms with van der Waals surface area (Å²) >= 11 is 0. The van der Waals surface area contributed by atoms with Gasteiger partial charge in [-0.2, -0.15) is 0 Å². The van der Waals surface area contributed by atoms with Crippen LogP contribution in [0.15, 0.2) is 30.3 Å². The molecule has 4 nitrogen and oxygen atoms in total. The van der Waals surface area contributed by atoms with Crippen LogP contribution in [0, 0.1) is 0 Å². The first-order valence-corrected chi connectivity index (χ1v) is 7.55. The maximum absolute atomic E-state index is 11.9. The number of nitrogens with one attached hydrogen (secondary N) is 1. The van der Waals surface area contributed by atoms with Gasteiger partial charge < -0.3 is 16.0 Å². The first kappa shape index (κ1) is 15.0. The molecular formula is C16H25N3O. The lowest BCUT2D eigenvalue weighted by Gasteiger charge is -2.26. The third-order valence-corrected chi connectivity index (χ3v) is 3.83. The lowest BCUT2D eigenvalue weighted by atomic mass is 10.0. The maximum Gasteiger partial charge on any atom is 0.221 e. The predicted molar refractivity (Wildman–Crippen MR) is 81.3 cm³/mol.